The van der Waals surface area contributed by atoms with Crippen LogP contribution in [0.4, 0.5) is 0 Å². The predicted octanol–water partition coefficient (Wildman–Crippen LogP) is 0.479. The molecule has 88 valence electrons. The van der Waals surface area contributed by atoms with Gasteiger partial charge in [-0.25, -0.2) is 0 Å². The second kappa shape index (κ2) is 6.08. The number of carbonyl (C=O) groups excluding carboxylic acids is 1. The van der Waals surface area contributed by atoms with E-state index >= 15 is 0 Å². The number of amides is 1. The summed E-state index contributed by atoms with van der Waals surface area (Å²) in [5, 5.41) is 2.88. The number of hydrogen-bond donors (Lipinski definition) is 1. The van der Waals surface area contributed by atoms with E-state index in [1.54, 1.807) is 7.05 Å². The van der Waals surface area contributed by atoms with Gasteiger partial charge in [0.05, 0.1) is 12.6 Å². The SMILES string of the molecule is CNCC(=O)N1CCC(OCC(C)C)C1. The number of rotatable bonds is 5. The molecular weight excluding hydrogens is 192 g/mol. The monoisotopic (exact) mass is 214 g/mol. The quantitative estimate of drug-likeness (QED) is 0.724. The standard InChI is InChI=1S/C11H22N2O2/c1-9(2)8-15-10-4-5-13(7-10)11(14)6-12-3/h9-10,12H,4-8H2,1-3H3. The average molecular weight is 214 g/mol. The van der Waals surface area contributed by atoms with E-state index in [1.165, 1.54) is 0 Å². The van der Waals surface area contributed by atoms with Crippen LogP contribution < -0.4 is 5.32 Å². The van der Waals surface area contributed by atoms with Gasteiger partial charge in [0.1, 0.15) is 0 Å². The molecule has 1 atom stereocenters. The number of nitrogens with one attached hydrogen (secondary N) is 1. The van der Waals surface area contributed by atoms with Gasteiger partial charge in [0, 0.05) is 19.7 Å². The van der Waals surface area contributed by atoms with Crippen molar-refractivity contribution in [3.05, 3.63) is 0 Å². The Balaban J connectivity index is 2.23. The van der Waals surface area contributed by atoms with Gasteiger partial charge in [-0.15, -0.1) is 0 Å². The summed E-state index contributed by atoms with van der Waals surface area (Å²) in [6, 6.07) is 0. The maximum atomic E-state index is 11.5. The molecule has 1 amide bonds. The van der Waals surface area contributed by atoms with Crippen LogP contribution in [0.15, 0.2) is 0 Å². The lowest BCUT2D eigenvalue weighted by Crippen LogP contribution is -2.36. The first-order valence-electron chi connectivity index (χ1n) is 5.67. The van der Waals surface area contributed by atoms with E-state index in [0.717, 1.165) is 26.1 Å². The highest BCUT2D eigenvalue weighted by Crippen LogP contribution is 2.13. The van der Waals surface area contributed by atoms with Crippen LogP contribution in [0.1, 0.15) is 20.3 Å². The third-order valence-electron chi connectivity index (χ3n) is 2.49. The van der Waals surface area contributed by atoms with Crippen molar-refractivity contribution >= 4 is 5.91 Å². The highest BCUT2D eigenvalue weighted by Gasteiger charge is 2.26. The van der Waals surface area contributed by atoms with Crippen LogP contribution in [-0.4, -0.2) is 50.2 Å². The van der Waals surface area contributed by atoms with Crippen molar-refractivity contribution in [2.45, 2.75) is 26.4 Å². The van der Waals surface area contributed by atoms with Crippen LogP contribution in [0.3, 0.4) is 0 Å². The number of likely N-dealkylation sites (N-methyl/N-ethyl adjacent to an activating group) is 1. The van der Waals surface area contributed by atoms with Crippen molar-refractivity contribution in [2.24, 2.45) is 5.92 Å². The minimum Gasteiger partial charge on any atom is -0.376 e. The highest BCUT2D eigenvalue weighted by molar-refractivity contribution is 5.78. The van der Waals surface area contributed by atoms with Crippen LogP contribution in [-0.2, 0) is 9.53 Å². The van der Waals surface area contributed by atoms with Crippen molar-refractivity contribution < 1.29 is 9.53 Å². The van der Waals surface area contributed by atoms with E-state index in [4.69, 9.17) is 4.74 Å². The van der Waals surface area contributed by atoms with Gasteiger partial charge in [-0.05, 0) is 19.4 Å². The number of nitrogens with zero attached hydrogens (tertiary/aromatic N) is 1. The van der Waals surface area contributed by atoms with Crippen LogP contribution in [0, 0.1) is 5.92 Å². The molecule has 0 aromatic heterocycles. The first-order valence-corrected chi connectivity index (χ1v) is 5.67. The zero-order chi connectivity index (χ0) is 11.3. The van der Waals surface area contributed by atoms with Crippen LogP contribution >= 0.6 is 0 Å². The summed E-state index contributed by atoms with van der Waals surface area (Å²) < 4.78 is 5.71. The summed E-state index contributed by atoms with van der Waals surface area (Å²) in [4.78, 5) is 13.4. The molecule has 4 nitrogen and oxygen atoms in total. The zero-order valence-electron chi connectivity index (χ0n) is 9.95. The maximum Gasteiger partial charge on any atom is 0.236 e. The van der Waals surface area contributed by atoms with Crippen molar-refractivity contribution in [3.8, 4) is 0 Å². The van der Waals surface area contributed by atoms with Gasteiger partial charge in [0.25, 0.3) is 0 Å². The Morgan fingerprint density at radius 2 is 2.33 bits per heavy atom. The van der Waals surface area contributed by atoms with E-state index in [2.05, 4.69) is 19.2 Å². The lowest BCUT2D eigenvalue weighted by atomic mass is 10.2. The van der Waals surface area contributed by atoms with Crippen molar-refractivity contribution in [3.63, 3.8) is 0 Å². The molecule has 0 aromatic carbocycles. The maximum absolute atomic E-state index is 11.5. The molecule has 0 aromatic rings. The van der Waals surface area contributed by atoms with Gasteiger partial charge in [0.15, 0.2) is 0 Å². The van der Waals surface area contributed by atoms with E-state index in [1.807, 2.05) is 4.90 Å². The summed E-state index contributed by atoms with van der Waals surface area (Å²) in [5.41, 5.74) is 0. The Bertz CT molecular complexity index is 207. The highest BCUT2D eigenvalue weighted by atomic mass is 16.5. The van der Waals surface area contributed by atoms with Crippen LogP contribution in [0.2, 0.25) is 0 Å². The van der Waals surface area contributed by atoms with Gasteiger partial charge >= 0.3 is 0 Å². The first kappa shape index (κ1) is 12.5. The summed E-state index contributed by atoms with van der Waals surface area (Å²) in [6.45, 7) is 7.09. The molecule has 1 unspecified atom stereocenters. The molecule has 0 bridgehead atoms. The summed E-state index contributed by atoms with van der Waals surface area (Å²) in [5.74, 6) is 0.736. The molecule has 0 saturated carbocycles. The van der Waals surface area contributed by atoms with E-state index in [0.29, 0.717) is 12.5 Å². The molecular formula is C11H22N2O2. The Morgan fingerprint density at radius 1 is 1.60 bits per heavy atom. The van der Waals surface area contributed by atoms with E-state index in [-0.39, 0.29) is 12.0 Å². The Labute approximate surface area is 92.0 Å². The zero-order valence-corrected chi connectivity index (χ0v) is 9.95. The molecule has 0 aliphatic carbocycles. The lowest BCUT2D eigenvalue weighted by Gasteiger charge is -2.17. The van der Waals surface area contributed by atoms with Gasteiger partial charge in [-0.3, -0.25) is 4.79 Å². The molecule has 0 spiro atoms. The number of likely N-dealkylation sites (tertiary alicyclic amines) is 1. The summed E-state index contributed by atoms with van der Waals surface area (Å²) >= 11 is 0. The molecule has 15 heavy (non-hydrogen) atoms. The van der Waals surface area contributed by atoms with Gasteiger partial charge < -0.3 is 15.0 Å². The summed E-state index contributed by atoms with van der Waals surface area (Å²) in [6.07, 6.45) is 1.22. The number of hydrogen-bond acceptors (Lipinski definition) is 3. The molecule has 1 rings (SSSR count). The fraction of sp³-hybridized carbons (Fsp3) is 0.909. The van der Waals surface area contributed by atoms with Gasteiger partial charge in [-0.2, -0.15) is 0 Å². The van der Waals surface area contributed by atoms with Gasteiger partial charge in [-0.1, -0.05) is 13.8 Å². The fourth-order valence-electron chi connectivity index (χ4n) is 1.68. The van der Waals surface area contributed by atoms with Crippen molar-refractivity contribution in [1.82, 2.24) is 10.2 Å². The van der Waals surface area contributed by atoms with Crippen LogP contribution in [0.25, 0.3) is 0 Å². The smallest absolute Gasteiger partial charge is 0.236 e. The van der Waals surface area contributed by atoms with E-state index < -0.39 is 0 Å². The third kappa shape index (κ3) is 4.18. The number of ether oxygens (including phenoxy) is 1. The largest absolute Gasteiger partial charge is 0.376 e. The third-order valence-corrected chi connectivity index (χ3v) is 2.49. The minimum atomic E-state index is 0.174. The molecule has 1 N–H and O–H groups in total. The van der Waals surface area contributed by atoms with Crippen molar-refractivity contribution in [2.75, 3.05) is 33.3 Å². The second-order valence-corrected chi connectivity index (χ2v) is 4.51. The Morgan fingerprint density at radius 3 is 2.93 bits per heavy atom. The molecule has 0 radical (unpaired) electrons. The molecule has 1 saturated heterocycles. The van der Waals surface area contributed by atoms with Crippen LogP contribution in [0.5, 0.6) is 0 Å². The minimum absolute atomic E-state index is 0.174. The predicted molar refractivity (Wildman–Crippen MR) is 59.7 cm³/mol. The molecule has 4 heteroatoms. The molecule has 1 aliphatic heterocycles. The van der Waals surface area contributed by atoms with Crippen molar-refractivity contribution in [1.29, 1.82) is 0 Å². The fourth-order valence-corrected chi connectivity index (χ4v) is 1.68. The Hall–Kier alpha value is -0.610. The van der Waals surface area contributed by atoms with E-state index in [9.17, 15) is 4.79 Å². The lowest BCUT2D eigenvalue weighted by molar-refractivity contribution is -0.129. The number of carbonyl (C=O) groups is 1. The second-order valence-electron chi connectivity index (χ2n) is 4.51. The molecule has 1 aliphatic rings. The molecule has 1 fully saturated rings. The summed E-state index contributed by atoms with van der Waals surface area (Å²) in [7, 11) is 1.79. The Kier molecular flexibility index (Phi) is 5.05. The first-order chi connectivity index (χ1) is 7.13. The topological polar surface area (TPSA) is 41.6 Å². The normalized spacial score (nSPS) is 21.3. The average Bonchev–Trinajstić information content (AvgIpc) is 2.63. The van der Waals surface area contributed by atoms with Gasteiger partial charge in [0.2, 0.25) is 5.91 Å². The molecule has 1 heterocycles.